The molecule has 0 aliphatic heterocycles. The number of carboxylic acids is 1. The van der Waals surface area contributed by atoms with Gasteiger partial charge < -0.3 is 5.11 Å². The molecule has 0 bridgehead atoms. The SMILES string of the molecule is O=C(O)c1cc(F)c(F)nc1C(F)F. The Bertz CT molecular complexity index is 380. The fraction of sp³-hybridized carbons (Fsp3) is 0.143. The summed E-state index contributed by atoms with van der Waals surface area (Å²) in [6, 6.07) is 0.173. The van der Waals surface area contributed by atoms with Crippen molar-refractivity contribution in [2.75, 3.05) is 0 Å². The lowest BCUT2D eigenvalue weighted by Gasteiger charge is -2.03. The highest BCUT2D eigenvalue weighted by Crippen LogP contribution is 2.22. The van der Waals surface area contributed by atoms with Gasteiger partial charge in [0.15, 0.2) is 5.82 Å². The van der Waals surface area contributed by atoms with E-state index in [2.05, 4.69) is 4.98 Å². The van der Waals surface area contributed by atoms with Gasteiger partial charge in [-0.2, -0.15) is 4.39 Å². The second kappa shape index (κ2) is 3.60. The molecule has 0 aliphatic carbocycles. The predicted molar refractivity (Wildman–Crippen MR) is 36.1 cm³/mol. The molecule has 0 radical (unpaired) electrons. The topological polar surface area (TPSA) is 50.2 Å². The van der Waals surface area contributed by atoms with Gasteiger partial charge in [-0.25, -0.2) is 22.9 Å². The minimum Gasteiger partial charge on any atom is -0.478 e. The number of carboxylic acid groups (broad SMARTS) is 1. The molecule has 0 aromatic carbocycles. The number of alkyl halides is 2. The highest BCUT2D eigenvalue weighted by molar-refractivity contribution is 5.88. The Morgan fingerprint density at radius 3 is 2.43 bits per heavy atom. The van der Waals surface area contributed by atoms with E-state index in [1.807, 2.05) is 0 Å². The molecule has 1 aromatic rings. The van der Waals surface area contributed by atoms with Gasteiger partial charge in [0.25, 0.3) is 6.43 Å². The molecule has 0 spiro atoms. The van der Waals surface area contributed by atoms with Crippen LogP contribution in [0.1, 0.15) is 22.5 Å². The van der Waals surface area contributed by atoms with Crippen molar-refractivity contribution >= 4 is 5.97 Å². The average Bonchev–Trinajstić information content (AvgIpc) is 2.08. The first-order chi connectivity index (χ1) is 6.43. The third kappa shape index (κ3) is 1.81. The molecule has 1 N–H and O–H groups in total. The number of hydrogen-bond acceptors (Lipinski definition) is 2. The van der Waals surface area contributed by atoms with E-state index in [1.54, 1.807) is 0 Å². The Labute approximate surface area is 75.0 Å². The number of halogens is 4. The molecule has 3 nitrogen and oxygen atoms in total. The molecule has 0 unspecified atom stereocenters. The molecular weight excluding hydrogens is 206 g/mol. The Kier molecular flexibility index (Phi) is 2.68. The quantitative estimate of drug-likeness (QED) is 0.598. The van der Waals surface area contributed by atoms with Crippen molar-refractivity contribution < 1.29 is 27.5 Å². The standard InChI is InChI=1S/C7H3F4NO2/c8-3-1-2(7(13)14)4(5(9)10)12-6(3)11/h1,5H,(H,13,14). The van der Waals surface area contributed by atoms with Crippen molar-refractivity contribution in [3.8, 4) is 0 Å². The van der Waals surface area contributed by atoms with Gasteiger partial charge in [0, 0.05) is 0 Å². The molecule has 1 heterocycles. The van der Waals surface area contributed by atoms with Crippen molar-refractivity contribution in [1.82, 2.24) is 4.98 Å². The van der Waals surface area contributed by atoms with Gasteiger partial charge in [-0.05, 0) is 6.07 Å². The maximum absolute atomic E-state index is 12.4. The molecule has 76 valence electrons. The number of rotatable bonds is 2. The number of aromatic carboxylic acids is 1. The van der Waals surface area contributed by atoms with Crippen LogP contribution in [0.4, 0.5) is 17.6 Å². The summed E-state index contributed by atoms with van der Waals surface area (Å²) < 4.78 is 49.0. The lowest BCUT2D eigenvalue weighted by atomic mass is 10.2. The Hall–Kier alpha value is -1.66. The lowest BCUT2D eigenvalue weighted by Crippen LogP contribution is -2.08. The predicted octanol–water partition coefficient (Wildman–Crippen LogP) is 2.00. The van der Waals surface area contributed by atoms with E-state index < -0.39 is 35.4 Å². The van der Waals surface area contributed by atoms with Gasteiger partial charge in [-0.15, -0.1) is 0 Å². The third-order valence-electron chi connectivity index (χ3n) is 1.40. The first-order valence-corrected chi connectivity index (χ1v) is 3.31. The number of aromatic nitrogens is 1. The van der Waals surface area contributed by atoms with Crippen LogP contribution in [0.15, 0.2) is 6.07 Å². The summed E-state index contributed by atoms with van der Waals surface area (Å²) in [6.45, 7) is 0. The molecule has 0 saturated heterocycles. The van der Waals surface area contributed by atoms with Crippen molar-refractivity contribution in [1.29, 1.82) is 0 Å². The molecule has 0 aliphatic rings. The second-order valence-corrected chi connectivity index (χ2v) is 2.30. The first-order valence-electron chi connectivity index (χ1n) is 3.31. The van der Waals surface area contributed by atoms with Crippen LogP contribution in [0.25, 0.3) is 0 Å². The van der Waals surface area contributed by atoms with Crippen molar-refractivity contribution in [3.05, 3.63) is 29.1 Å². The smallest absolute Gasteiger partial charge is 0.337 e. The lowest BCUT2D eigenvalue weighted by molar-refractivity contribution is 0.0680. The highest BCUT2D eigenvalue weighted by Gasteiger charge is 2.22. The number of hydrogen-bond donors (Lipinski definition) is 1. The number of nitrogens with zero attached hydrogens (tertiary/aromatic N) is 1. The Morgan fingerprint density at radius 1 is 1.43 bits per heavy atom. The van der Waals surface area contributed by atoms with Crippen LogP contribution in [-0.2, 0) is 0 Å². The maximum atomic E-state index is 12.4. The van der Waals surface area contributed by atoms with Gasteiger partial charge in [-0.3, -0.25) is 0 Å². The van der Waals surface area contributed by atoms with E-state index in [-0.39, 0.29) is 6.07 Å². The second-order valence-electron chi connectivity index (χ2n) is 2.30. The summed E-state index contributed by atoms with van der Waals surface area (Å²) in [5.41, 5.74) is -2.32. The molecule has 0 fully saturated rings. The summed E-state index contributed by atoms with van der Waals surface area (Å²) in [6.07, 6.45) is -3.27. The summed E-state index contributed by atoms with van der Waals surface area (Å²) in [5, 5.41) is 8.37. The van der Waals surface area contributed by atoms with E-state index in [9.17, 15) is 22.4 Å². The first kappa shape index (κ1) is 10.4. The van der Waals surface area contributed by atoms with Crippen molar-refractivity contribution in [3.63, 3.8) is 0 Å². The van der Waals surface area contributed by atoms with E-state index in [0.717, 1.165) is 0 Å². The van der Waals surface area contributed by atoms with Gasteiger partial charge >= 0.3 is 5.97 Å². The van der Waals surface area contributed by atoms with Crippen molar-refractivity contribution in [2.45, 2.75) is 6.43 Å². The summed E-state index contributed by atoms with van der Waals surface area (Å²) in [7, 11) is 0. The normalized spacial score (nSPS) is 10.6. The van der Waals surface area contributed by atoms with Gasteiger partial charge in [0.1, 0.15) is 5.69 Å². The van der Waals surface area contributed by atoms with Gasteiger partial charge in [0.05, 0.1) is 5.56 Å². The maximum Gasteiger partial charge on any atom is 0.337 e. The largest absolute Gasteiger partial charge is 0.478 e. The zero-order valence-electron chi connectivity index (χ0n) is 6.47. The third-order valence-corrected chi connectivity index (χ3v) is 1.40. The fourth-order valence-electron chi connectivity index (χ4n) is 0.817. The van der Waals surface area contributed by atoms with E-state index in [0.29, 0.717) is 0 Å². The Balaban J connectivity index is 3.39. The van der Waals surface area contributed by atoms with Crippen LogP contribution < -0.4 is 0 Å². The zero-order chi connectivity index (χ0) is 10.9. The van der Waals surface area contributed by atoms with Crippen LogP contribution in [0.5, 0.6) is 0 Å². The Morgan fingerprint density at radius 2 is 2.00 bits per heavy atom. The molecule has 1 aromatic heterocycles. The molecule has 0 atom stereocenters. The highest BCUT2D eigenvalue weighted by atomic mass is 19.3. The minimum atomic E-state index is -3.27. The van der Waals surface area contributed by atoms with Crippen LogP contribution in [0.2, 0.25) is 0 Å². The van der Waals surface area contributed by atoms with Gasteiger partial charge in [0.2, 0.25) is 5.95 Å². The van der Waals surface area contributed by atoms with E-state index in [4.69, 9.17) is 5.11 Å². The van der Waals surface area contributed by atoms with Crippen molar-refractivity contribution in [2.24, 2.45) is 0 Å². The molecule has 0 saturated carbocycles. The molecule has 14 heavy (non-hydrogen) atoms. The zero-order valence-corrected chi connectivity index (χ0v) is 6.47. The summed E-state index contributed by atoms with van der Waals surface area (Å²) >= 11 is 0. The average molecular weight is 209 g/mol. The summed E-state index contributed by atoms with van der Waals surface area (Å²) in [4.78, 5) is 12.8. The van der Waals surface area contributed by atoms with E-state index in [1.165, 1.54) is 0 Å². The molecule has 0 amide bonds. The molecular formula is C7H3F4NO2. The van der Waals surface area contributed by atoms with Crippen LogP contribution in [0, 0.1) is 11.8 Å². The van der Waals surface area contributed by atoms with E-state index >= 15 is 0 Å². The minimum absolute atomic E-state index is 0.173. The van der Waals surface area contributed by atoms with Crippen LogP contribution in [0.3, 0.4) is 0 Å². The van der Waals surface area contributed by atoms with Crippen LogP contribution >= 0.6 is 0 Å². The molecule has 7 heteroatoms. The fourth-order valence-corrected chi connectivity index (χ4v) is 0.817. The van der Waals surface area contributed by atoms with Crippen LogP contribution in [-0.4, -0.2) is 16.1 Å². The molecule has 1 rings (SSSR count). The monoisotopic (exact) mass is 209 g/mol. The number of carbonyl (C=O) groups is 1. The van der Waals surface area contributed by atoms with Gasteiger partial charge in [-0.1, -0.05) is 0 Å². The summed E-state index contributed by atoms with van der Waals surface area (Å²) in [5.74, 6) is -5.11. The number of pyridine rings is 1.